The van der Waals surface area contributed by atoms with Crippen LogP contribution in [0, 0.1) is 0 Å². The number of benzene rings is 1. The van der Waals surface area contributed by atoms with Crippen molar-refractivity contribution in [3.05, 3.63) is 34.1 Å². The summed E-state index contributed by atoms with van der Waals surface area (Å²) >= 11 is 5.23. The Kier molecular flexibility index (Phi) is 6.08. The molecule has 0 spiro atoms. The maximum atomic E-state index is 5.71. The topological polar surface area (TPSA) is 66.0 Å². The molecule has 1 aromatic carbocycles. The van der Waals surface area contributed by atoms with Gasteiger partial charge in [0.05, 0.1) is 13.7 Å². The van der Waals surface area contributed by atoms with Crippen LogP contribution >= 0.6 is 27.7 Å². The lowest BCUT2D eigenvalue weighted by molar-refractivity contribution is 0.414. The van der Waals surface area contributed by atoms with E-state index in [1.165, 1.54) is 5.56 Å². The van der Waals surface area contributed by atoms with E-state index in [1.54, 1.807) is 18.9 Å². The van der Waals surface area contributed by atoms with Crippen molar-refractivity contribution in [1.82, 2.24) is 14.8 Å². The van der Waals surface area contributed by atoms with Crippen LogP contribution in [-0.2, 0) is 18.8 Å². The molecule has 0 aliphatic heterocycles. The number of nitrogens with zero attached hydrogens (tertiary/aromatic N) is 3. The van der Waals surface area contributed by atoms with Gasteiger partial charge in [0.1, 0.15) is 11.6 Å². The second-order valence-electron chi connectivity index (χ2n) is 4.50. The van der Waals surface area contributed by atoms with Crippen molar-refractivity contribution in [1.29, 1.82) is 0 Å². The highest BCUT2D eigenvalue weighted by atomic mass is 79.9. The van der Waals surface area contributed by atoms with Gasteiger partial charge < -0.3 is 15.0 Å². The summed E-state index contributed by atoms with van der Waals surface area (Å²) in [5.74, 6) is 2.49. The Morgan fingerprint density at radius 1 is 1.38 bits per heavy atom. The van der Waals surface area contributed by atoms with E-state index in [0.29, 0.717) is 6.54 Å². The predicted molar refractivity (Wildman–Crippen MR) is 88.5 cm³/mol. The van der Waals surface area contributed by atoms with Crippen molar-refractivity contribution >= 4 is 27.7 Å². The van der Waals surface area contributed by atoms with Crippen LogP contribution < -0.4 is 10.5 Å². The normalized spacial score (nSPS) is 10.9. The summed E-state index contributed by atoms with van der Waals surface area (Å²) in [5, 5.41) is 9.30. The van der Waals surface area contributed by atoms with Gasteiger partial charge in [0.2, 0.25) is 0 Å². The lowest BCUT2D eigenvalue weighted by Gasteiger charge is -2.09. The molecule has 0 aliphatic rings. The summed E-state index contributed by atoms with van der Waals surface area (Å²) < 4.78 is 8.43. The molecule has 21 heavy (non-hydrogen) atoms. The molecule has 5 nitrogen and oxygen atoms in total. The van der Waals surface area contributed by atoms with E-state index >= 15 is 0 Å². The third-order valence-corrected chi connectivity index (χ3v) is 4.82. The van der Waals surface area contributed by atoms with E-state index in [2.05, 4.69) is 37.6 Å². The second kappa shape index (κ2) is 7.82. The van der Waals surface area contributed by atoms with E-state index in [-0.39, 0.29) is 0 Å². The summed E-state index contributed by atoms with van der Waals surface area (Å²) in [6.45, 7) is 3.44. The quantitative estimate of drug-likeness (QED) is 0.757. The number of halogens is 1. The molecule has 0 unspecified atom stereocenters. The van der Waals surface area contributed by atoms with E-state index in [4.69, 9.17) is 10.5 Å². The fourth-order valence-electron chi connectivity index (χ4n) is 1.96. The van der Waals surface area contributed by atoms with E-state index < -0.39 is 0 Å². The molecular formula is C14H19BrN4OS. The van der Waals surface area contributed by atoms with Gasteiger partial charge in [-0.1, -0.05) is 34.6 Å². The smallest absolute Gasteiger partial charge is 0.191 e. The summed E-state index contributed by atoms with van der Waals surface area (Å²) in [6, 6.07) is 5.96. The number of hydrogen-bond acceptors (Lipinski definition) is 5. The Hall–Kier alpha value is -1.05. The van der Waals surface area contributed by atoms with Crippen LogP contribution in [0.1, 0.15) is 24.7 Å². The van der Waals surface area contributed by atoms with Crippen molar-refractivity contribution in [2.75, 3.05) is 7.11 Å². The first-order valence-corrected chi connectivity index (χ1v) is 8.54. The third-order valence-electron chi connectivity index (χ3n) is 3.03. The summed E-state index contributed by atoms with van der Waals surface area (Å²) in [4.78, 5) is 0. The van der Waals surface area contributed by atoms with Gasteiger partial charge >= 0.3 is 0 Å². The van der Waals surface area contributed by atoms with E-state index in [9.17, 15) is 0 Å². The van der Waals surface area contributed by atoms with E-state index in [0.717, 1.165) is 39.9 Å². The number of thioether (sulfide) groups is 1. The molecule has 0 bridgehead atoms. The first-order valence-electron chi connectivity index (χ1n) is 6.77. The Morgan fingerprint density at radius 3 is 2.86 bits per heavy atom. The molecule has 0 saturated heterocycles. The summed E-state index contributed by atoms with van der Waals surface area (Å²) in [6.07, 6.45) is 1.03. The highest BCUT2D eigenvalue weighted by molar-refractivity contribution is 9.10. The van der Waals surface area contributed by atoms with Crippen molar-refractivity contribution in [2.24, 2.45) is 5.73 Å². The minimum absolute atomic E-state index is 0.413. The fourth-order valence-corrected chi connectivity index (χ4v) is 3.50. The predicted octanol–water partition coefficient (Wildman–Crippen LogP) is 3.21. The molecule has 0 fully saturated rings. The Bertz CT molecular complexity index is 603. The summed E-state index contributed by atoms with van der Waals surface area (Å²) in [5.41, 5.74) is 6.87. The molecule has 1 aromatic heterocycles. The van der Waals surface area contributed by atoms with Crippen LogP contribution in [0.2, 0.25) is 0 Å². The number of aromatic nitrogens is 3. The van der Waals surface area contributed by atoms with Crippen LogP contribution in [0.5, 0.6) is 5.75 Å². The third kappa shape index (κ3) is 3.99. The van der Waals surface area contributed by atoms with Gasteiger partial charge in [0.15, 0.2) is 5.16 Å². The van der Waals surface area contributed by atoms with Gasteiger partial charge in [-0.2, -0.15) is 0 Å². The van der Waals surface area contributed by atoms with E-state index in [1.807, 2.05) is 18.2 Å². The lowest BCUT2D eigenvalue weighted by Crippen LogP contribution is -2.09. The van der Waals surface area contributed by atoms with Gasteiger partial charge in [0.25, 0.3) is 0 Å². The highest BCUT2D eigenvalue weighted by Crippen LogP contribution is 2.29. The SMILES string of the molecule is CCCn1c(CN)nnc1SCc1cc(OC)ccc1Br. The standard InChI is InChI=1S/C14H19BrN4OS/c1-3-6-19-13(8-16)17-18-14(19)21-9-10-7-11(20-2)4-5-12(10)15/h4-5,7H,3,6,8-9,16H2,1-2H3. The Morgan fingerprint density at radius 2 is 2.19 bits per heavy atom. The zero-order chi connectivity index (χ0) is 15.2. The average molecular weight is 371 g/mol. The van der Waals surface area contributed by atoms with Crippen LogP contribution in [0.15, 0.2) is 27.8 Å². The molecule has 7 heteroatoms. The van der Waals surface area contributed by atoms with Crippen LogP contribution in [0.25, 0.3) is 0 Å². The molecule has 0 saturated carbocycles. The highest BCUT2D eigenvalue weighted by Gasteiger charge is 2.12. The van der Waals surface area contributed by atoms with Crippen molar-refractivity contribution in [3.8, 4) is 5.75 Å². The molecule has 0 atom stereocenters. The van der Waals surface area contributed by atoms with Gasteiger partial charge in [-0.05, 0) is 30.2 Å². The van der Waals surface area contributed by atoms with Gasteiger partial charge in [0, 0.05) is 16.8 Å². The lowest BCUT2D eigenvalue weighted by atomic mass is 10.2. The maximum Gasteiger partial charge on any atom is 0.191 e. The number of nitrogens with two attached hydrogens (primary N) is 1. The molecule has 2 aromatic rings. The Balaban J connectivity index is 2.14. The molecule has 114 valence electrons. The minimum atomic E-state index is 0.413. The fraction of sp³-hybridized carbons (Fsp3) is 0.429. The van der Waals surface area contributed by atoms with Gasteiger partial charge in [-0.3, -0.25) is 0 Å². The van der Waals surface area contributed by atoms with Crippen LogP contribution in [0.4, 0.5) is 0 Å². The van der Waals surface area contributed by atoms with Crippen LogP contribution in [-0.4, -0.2) is 21.9 Å². The largest absolute Gasteiger partial charge is 0.497 e. The first-order chi connectivity index (χ1) is 10.2. The number of methoxy groups -OCH3 is 1. The summed E-state index contributed by atoms with van der Waals surface area (Å²) in [7, 11) is 1.67. The van der Waals surface area contributed by atoms with Crippen molar-refractivity contribution in [3.63, 3.8) is 0 Å². The second-order valence-corrected chi connectivity index (χ2v) is 6.30. The Labute approximate surface area is 137 Å². The van der Waals surface area contributed by atoms with Crippen molar-refractivity contribution < 1.29 is 4.74 Å². The van der Waals surface area contributed by atoms with Crippen LogP contribution in [0.3, 0.4) is 0 Å². The molecule has 1 heterocycles. The molecule has 0 radical (unpaired) electrons. The van der Waals surface area contributed by atoms with Crippen molar-refractivity contribution in [2.45, 2.75) is 37.3 Å². The molecular weight excluding hydrogens is 352 g/mol. The average Bonchev–Trinajstić information content (AvgIpc) is 2.89. The van der Waals surface area contributed by atoms with Gasteiger partial charge in [-0.25, -0.2) is 0 Å². The number of hydrogen-bond donors (Lipinski definition) is 1. The maximum absolute atomic E-state index is 5.71. The zero-order valence-corrected chi connectivity index (χ0v) is 14.6. The molecule has 0 aliphatic carbocycles. The number of rotatable bonds is 7. The molecule has 2 N–H and O–H groups in total. The molecule has 2 rings (SSSR count). The zero-order valence-electron chi connectivity index (χ0n) is 12.2. The minimum Gasteiger partial charge on any atom is -0.497 e. The monoisotopic (exact) mass is 370 g/mol. The molecule has 0 amide bonds. The number of ether oxygens (including phenoxy) is 1. The van der Waals surface area contributed by atoms with Gasteiger partial charge in [-0.15, -0.1) is 10.2 Å². The first kappa shape index (κ1) is 16.3.